The van der Waals surface area contributed by atoms with E-state index in [9.17, 15) is 18.0 Å². The van der Waals surface area contributed by atoms with Gasteiger partial charge in [-0.05, 0) is 74.4 Å². The van der Waals surface area contributed by atoms with E-state index in [0.717, 1.165) is 22.7 Å². The molecule has 1 N–H and O–H groups in total. The Hall–Kier alpha value is -2.78. The first-order valence-corrected chi connectivity index (χ1v) is 15.4. The van der Waals surface area contributed by atoms with Gasteiger partial charge in [-0.3, -0.25) is 13.9 Å². The van der Waals surface area contributed by atoms with Crippen molar-refractivity contribution >= 4 is 62.3 Å². The fourth-order valence-corrected chi connectivity index (χ4v) is 5.93. The van der Waals surface area contributed by atoms with E-state index in [0.29, 0.717) is 27.2 Å². The fourth-order valence-electron chi connectivity index (χ4n) is 3.93. The van der Waals surface area contributed by atoms with Crippen LogP contribution in [0.3, 0.4) is 0 Å². The van der Waals surface area contributed by atoms with E-state index in [4.69, 9.17) is 34.8 Å². The molecule has 7 nitrogen and oxygen atoms in total. The molecule has 0 aliphatic heterocycles. The highest BCUT2D eigenvalue weighted by molar-refractivity contribution is 7.92. The van der Waals surface area contributed by atoms with E-state index >= 15 is 0 Å². The Morgan fingerprint density at radius 3 is 2.15 bits per heavy atom. The molecule has 0 unspecified atom stereocenters. The van der Waals surface area contributed by atoms with Crippen molar-refractivity contribution in [1.82, 2.24) is 10.2 Å². The van der Waals surface area contributed by atoms with Gasteiger partial charge in [0.1, 0.15) is 12.6 Å². The highest BCUT2D eigenvalue weighted by atomic mass is 35.5. The van der Waals surface area contributed by atoms with Crippen molar-refractivity contribution in [3.8, 4) is 0 Å². The molecule has 3 aromatic rings. The van der Waals surface area contributed by atoms with Crippen molar-refractivity contribution in [2.45, 2.75) is 51.1 Å². The summed E-state index contributed by atoms with van der Waals surface area (Å²) in [7, 11) is -4.16. The van der Waals surface area contributed by atoms with E-state index in [1.54, 1.807) is 49.4 Å². The zero-order valence-electron chi connectivity index (χ0n) is 22.5. The first kappa shape index (κ1) is 31.7. The van der Waals surface area contributed by atoms with E-state index < -0.39 is 28.5 Å². The molecule has 40 heavy (non-hydrogen) atoms. The molecule has 0 saturated carbocycles. The Labute approximate surface area is 251 Å². The minimum Gasteiger partial charge on any atom is -0.354 e. The van der Waals surface area contributed by atoms with Gasteiger partial charge >= 0.3 is 0 Å². The van der Waals surface area contributed by atoms with Crippen LogP contribution < -0.4 is 9.62 Å². The number of nitrogens with one attached hydrogen (secondary N) is 1. The number of aryl methyl sites for hydroxylation is 1. The predicted molar refractivity (Wildman–Crippen MR) is 162 cm³/mol. The van der Waals surface area contributed by atoms with Crippen LogP contribution in [-0.4, -0.2) is 44.3 Å². The number of sulfonamides is 1. The SMILES string of the molecule is CCCCNC(=O)[C@H](C)N(Cc1ccc(Cl)cc1Cl)C(=O)CN(c1ccc(Cl)cc1)S(=O)(=O)c1ccc(C)cc1. The third-order valence-electron chi connectivity index (χ3n) is 6.36. The number of unbranched alkanes of at least 4 members (excludes halogenated alkanes) is 1. The molecule has 214 valence electrons. The molecule has 0 fully saturated rings. The van der Waals surface area contributed by atoms with Crippen LogP contribution in [0.5, 0.6) is 0 Å². The zero-order valence-corrected chi connectivity index (χ0v) is 25.6. The Morgan fingerprint density at radius 1 is 0.925 bits per heavy atom. The van der Waals surface area contributed by atoms with Crippen molar-refractivity contribution in [2.24, 2.45) is 0 Å². The first-order chi connectivity index (χ1) is 18.9. The molecular weight excluding hydrogens is 593 g/mol. The topological polar surface area (TPSA) is 86.8 Å². The molecular formula is C29H32Cl3N3O4S. The maximum Gasteiger partial charge on any atom is 0.264 e. The number of hydrogen-bond acceptors (Lipinski definition) is 4. The van der Waals surface area contributed by atoms with Gasteiger partial charge in [-0.2, -0.15) is 0 Å². The largest absolute Gasteiger partial charge is 0.354 e. The van der Waals surface area contributed by atoms with Crippen molar-refractivity contribution in [3.05, 3.63) is 92.9 Å². The summed E-state index contributed by atoms with van der Waals surface area (Å²) >= 11 is 18.5. The van der Waals surface area contributed by atoms with E-state index in [1.165, 1.54) is 29.2 Å². The number of carbonyl (C=O) groups excluding carboxylic acids is 2. The van der Waals surface area contributed by atoms with Crippen LogP contribution in [0, 0.1) is 6.92 Å². The van der Waals surface area contributed by atoms with Crippen LogP contribution in [0.2, 0.25) is 15.1 Å². The molecule has 0 radical (unpaired) electrons. The monoisotopic (exact) mass is 623 g/mol. The fraction of sp³-hybridized carbons (Fsp3) is 0.310. The quantitative estimate of drug-likeness (QED) is 0.234. The molecule has 0 heterocycles. The molecule has 0 saturated heterocycles. The van der Waals surface area contributed by atoms with Crippen LogP contribution in [0.4, 0.5) is 5.69 Å². The van der Waals surface area contributed by atoms with Gasteiger partial charge in [0.25, 0.3) is 10.0 Å². The van der Waals surface area contributed by atoms with Crippen molar-refractivity contribution in [3.63, 3.8) is 0 Å². The second-order valence-corrected chi connectivity index (χ2v) is 12.5. The number of halogens is 3. The lowest BCUT2D eigenvalue weighted by Gasteiger charge is -2.32. The Kier molecular flexibility index (Phi) is 11.3. The summed E-state index contributed by atoms with van der Waals surface area (Å²) in [6, 6.07) is 16.5. The van der Waals surface area contributed by atoms with E-state index in [2.05, 4.69) is 5.32 Å². The highest BCUT2D eigenvalue weighted by Crippen LogP contribution is 2.27. The van der Waals surface area contributed by atoms with Gasteiger partial charge in [-0.15, -0.1) is 0 Å². The smallest absolute Gasteiger partial charge is 0.264 e. The summed E-state index contributed by atoms with van der Waals surface area (Å²) in [4.78, 5) is 28.3. The molecule has 0 aliphatic rings. The van der Waals surface area contributed by atoms with Gasteiger partial charge < -0.3 is 10.2 Å². The van der Waals surface area contributed by atoms with Gasteiger partial charge in [0.05, 0.1) is 10.6 Å². The van der Waals surface area contributed by atoms with Crippen LogP contribution in [0.1, 0.15) is 37.8 Å². The van der Waals surface area contributed by atoms with Gasteiger partial charge in [0.2, 0.25) is 11.8 Å². The van der Waals surface area contributed by atoms with Crippen LogP contribution in [-0.2, 0) is 26.2 Å². The normalized spacial score (nSPS) is 12.1. The molecule has 0 aliphatic carbocycles. The molecule has 2 amide bonds. The van der Waals surface area contributed by atoms with Crippen molar-refractivity contribution in [1.29, 1.82) is 0 Å². The second-order valence-electron chi connectivity index (χ2n) is 9.38. The van der Waals surface area contributed by atoms with Gasteiger partial charge in [-0.25, -0.2) is 8.42 Å². The standard InChI is InChI=1S/C29H32Cl3N3O4S/c1-4-5-16-33-29(37)21(3)34(18-22-8-9-24(31)17-27(22)32)28(36)19-35(25-12-10-23(30)11-13-25)40(38,39)26-14-6-20(2)7-15-26/h6-15,17,21H,4-5,16,18-19H2,1-3H3,(H,33,37)/t21-/m0/s1. The predicted octanol–water partition coefficient (Wildman–Crippen LogP) is 6.48. The van der Waals surface area contributed by atoms with Crippen LogP contribution in [0.25, 0.3) is 0 Å². The number of rotatable bonds is 12. The number of nitrogens with zero attached hydrogens (tertiary/aromatic N) is 2. The van der Waals surface area contributed by atoms with Gasteiger partial charge in [0.15, 0.2) is 0 Å². The van der Waals surface area contributed by atoms with E-state index in [-0.39, 0.29) is 23.0 Å². The lowest BCUT2D eigenvalue weighted by atomic mass is 10.1. The Bertz CT molecular complexity index is 1430. The van der Waals surface area contributed by atoms with E-state index in [1.807, 2.05) is 13.8 Å². The molecule has 3 rings (SSSR count). The summed E-state index contributed by atoms with van der Waals surface area (Å²) < 4.78 is 28.7. The number of hydrogen-bond donors (Lipinski definition) is 1. The maximum atomic E-state index is 13.9. The third kappa shape index (κ3) is 8.13. The second kappa shape index (κ2) is 14.2. The molecule has 3 aromatic carbocycles. The maximum absolute atomic E-state index is 13.9. The highest BCUT2D eigenvalue weighted by Gasteiger charge is 2.32. The van der Waals surface area contributed by atoms with Crippen LogP contribution >= 0.6 is 34.8 Å². The van der Waals surface area contributed by atoms with Crippen molar-refractivity contribution < 1.29 is 18.0 Å². The Balaban J connectivity index is 2.01. The molecule has 0 spiro atoms. The summed E-state index contributed by atoms with van der Waals surface area (Å²) in [5, 5.41) is 4.01. The lowest BCUT2D eigenvalue weighted by Crippen LogP contribution is -2.51. The average Bonchev–Trinajstić information content (AvgIpc) is 2.91. The number of carbonyl (C=O) groups is 2. The van der Waals surface area contributed by atoms with Gasteiger partial charge in [0, 0.05) is 28.2 Å². The van der Waals surface area contributed by atoms with Crippen molar-refractivity contribution in [2.75, 3.05) is 17.4 Å². The minimum absolute atomic E-state index is 0.0264. The van der Waals surface area contributed by atoms with Crippen LogP contribution in [0.15, 0.2) is 71.6 Å². The lowest BCUT2D eigenvalue weighted by molar-refractivity contribution is -0.139. The summed E-state index contributed by atoms with van der Waals surface area (Å²) in [6.45, 7) is 5.33. The minimum atomic E-state index is -4.16. The Morgan fingerprint density at radius 2 is 1.55 bits per heavy atom. The molecule has 11 heteroatoms. The van der Waals surface area contributed by atoms with Gasteiger partial charge in [-0.1, -0.05) is 71.9 Å². The summed E-state index contributed by atoms with van der Waals surface area (Å²) in [6.07, 6.45) is 1.68. The molecule has 1 atom stereocenters. The number of amides is 2. The average molecular weight is 625 g/mol. The molecule has 0 bridgehead atoms. The number of anilines is 1. The third-order valence-corrected chi connectivity index (χ3v) is 8.98. The molecule has 0 aromatic heterocycles. The number of benzene rings is 3. The summed E-state index contributed by atoms with van der Waals surface area (Å²) in [5.74, 6) is -0.943. The zero-order chi connectivity index (χ0) is 29.4. The first-order valence-electron chi connectivity index (χ1n) is 12.8. The summed E-state index contributed by atoms with van der Waals surface area (Å²) in [5.41, 5.74) is 1.71.